The molecule has 1 saturated heterocycles. The van der Waals surface area contributed by atoms with E-state index in [1.807, 2.05) is 4.90 Å². The SMILES string of the molecule is C[C@@H](Oc1c(N)ncc2c(C3=CCN(C(=O)CN4CCCC4)CC3)coc12)c1c(Cl)ccc(F)c1Cl. The number of ether oxygens (including phenoxy) is 1. The smallest absolute Gasteiger partial charge is 0.237 e. The van der Waals surface area contributed by atoms with E-state index in [9.17, 15) is 9.18 Å². The van der Waals surface area contributed by atoms with Crippen LogP contribution in [0.15, 0.2) is 35.1 Å². The number of hydrogen-bond donors (Lipinski definition) is 1. The maximum Gasteiger partial charge on any atom is 0.237 e. The van der Waals surface area contributed by atoms with Crippen LogP contribution >= 0.6 is 23.2 Å². The summed E-state index contributed by atoms with van der Waals surface area (Å²) in [6.45, 7) is 5.38. The van der Waals surface area contributed by atoms with Gasteiger partial charge in [0.2, 0.25) is 11.7 Å². The van der Waals surface area contributed by atoms with Crippen molar-refractivity contribution >= 4 is 51.5 Å². The molecule has 36 heavy (non-hydrogen) atoms. The zero-order valence-corrected chi connectivity index (χ0v) is 21.4. The quantitative estimate of drug-likeness (QED) is 0.409. The van der Waals surface area contributed by atoms with E-state index in [-0.39, 0.29) is 27.5 Å². The van der Waals surface area contributed by atoms with Crippen molar-refractivity contribution in [3.8, 4) is 5.75 Å². The van der Waals surface area contributed by atoms with Crippen LogP contribution in [0.2, 0.25) is 10.0 Å². The van der Waals surface area contributed by atoms with Gasteiger partial charge in [-0.2, -0.15) is 0 Å². The molecule has 2 aromatic heterocycles. The predicted octanol–water partition coefficient (Wildman–Crippen LogP) is 5.71. The highest BCUT2D eigenvalue weighted by atomic mass is 35.5. The molecule has 0 radical (unpaired) electrons. The number of likely N-dealkylation sites (tertiary alicyclic amines) is 1. The topological polar surface area (TPSA) is 84.8 Å². The molecular formula is C26H27Cl2FN4O3. The number of furan rings is 1. The highest BCUT2D eigenvalue weighted by Crippen LogP contribution is 2.41. The molecule has 2 aliphatic rings. The van der Waals surface area contributed by atoms with E-state index >= 15 is 0 Å². The molecule has 4 heterocycles. The number of pyridine rings is 1. The second-order valence-corrected chi connectivity index (χ2v) is 9.97. The number of hydrogen-bond acceptors (Lipinski definition) is 6. The van der Waals surface area contributed by atoms with Gasteiger partial charge < -0.3 is 19.8 Å². The summed E-state index contributed by atoms with van der Waals surface area (Å²) in [4.78, 5) is 21.1. The number of aromatic nitrogens is 1. The predicted molar refractivity (Wildman–Crippen MR) is 139 cm³/mol. The van der Waals surface area contributed by atoms with Crippen molar-refractivity contribution in [1.29, 1.82) is 0 Å². The standard InChI is InChI=1S/C26H27Cl2FN4O3/c1-15(22-19(27)4-5-20(29)23(22)28)36-25-24-17(12-31-26(25)30)18(14-35-24)16-6-10-33(11-7-16)21(34)13-32-8-2-3-9-32/h4-6,12,14-15H,2-3,7-11,13H2,1H3,(H2,30,31)/t15-/m1/s1. The highest BCUT2D eigenvalue weighted by molar-refractivity contribution is 6.36. The summed E-state index contributed by atoms with van der Waals surface area (Å²) >= 11 is 12.4. The first kappa shape index (κ1) is 24.9. The van der Waals surface area contributed by atoms with Crippen molar-refractivity contribution < 1.29 is 18.3 Å². The minimum Gasteiger partial charge on any atom is -0.478 e. The van der Waals surface area contributed by atoms with Crippen molar-refractivity contribution in [2.75, 3.05) is 38.5 Å². The van der Waals surface area contributed by atoms with E-state index in [0.29, 0.717) is 37.2 Å². The molecule has 190 valence electrons. The summed E-state index contributed by atoms with van der Waals surface area (Å²) in [5, 5.41) is 0.917. The van der Waals surface area contributed by atoms with Crippen LogP contribution in [0.4, 0.5) is 10.2 Å². The van der Waals surface area contributed by atoms with Gasteiger partial charge in [0.1, 0.15) is 11.9 Å². The average molecular weight is 533 g/mol. The average Bonchev–Trinajstić information content (AvgIpc) is 3.54. The molecule has 2 aliphatic heterocycles. The lowest BCUT2D eigenvalue weighted by molar-refractivity contribution is -0.131. The lowest BCUT2D eigenvalue weighted by Gasteiger charge is -2.28. The number of nitrogen functional groups attached to an aromatic ring is 1. The summed E-state index contributed by atoms with van der Waals surface area (Å²) < 4.78 is 26.0. The lowest BCUT2D eigenvalue weighted by atomic mass is 9.99. The van der Waals surface area contributed by atoms with E-state index in [1.54, 1.807) is 19.4 Å². The second kappa shape index (κ2) is 10.3. The maximum absolute atomic E-state index is 14.0. The Kier molecular flexibility index (Phi) is 7.10. The number of carbonyl (C=O) groups excluding carboxylic acids is 1. The molecule has 0 aliphatic carbocycles. The van der Waals surface area contributed by atoms with Crippen molar-refractivity contribution in [2.45, 2.75) is 32.3 Å². The molecule has 0 bridgehead atoms. The van der Waals surface area contributed by atoms with Crippen molar-refractivity contribution in [1.82, 2.24) is 14.8 Å². The normalized spacial score (nSPS) is 17.4. The van der Waals surface area contributed by atoms with Gasteiger partial charge in [0.25, 0.3) is 0 Å². The molecule has 3 aromatic rings. The van der Waals surface area contributed by atoms with Crippen LogP contribution < -0.4 is 10.5 Å². The Bertz CT molecular complexity index is 1340. The van der Waals surface area contributed by atoms with Crippen LogP contribution in [0.25, 0.3) is 16.5 Å². The van der Waals surface area contributed by atoms with Crippen molar-refractivity contribution in [2.24, 2.45) is 0 Å². The van der Waals surface area contributed by atoms with Crippen LogP contribution in [-0.2, 0) is 4.79 Å². The maximum atomic E-state index is 14.0. The van der Waals surface area contributed by atoms with E-state index in [2.05, 4.69) is 16.0 Å². The molecule has 1 amide bonds. The molecule has 7 nitrogen and oxygen atoms in total. The Morgan fingerprint density at radius 3 is 2.78 bits per heavy atom. The van der Waals surface area contributed by atoms with Crippen molar-refractivity contribution in [3.63, 3.8) is 0 Å². The third-order valence-corrected chi connectivity index (χ3v) is 7.56. The number of amides is 1. The monoisotopic (exact) mass is 532 g/mol. The van der Waals surface area contributed by atoms with E-state index in [0.717, 1.165) is 42.5 Å². The summed E-state index contributed by atoms with van der Waals surface area (Å²) in [5.74, 6) is -0.0528. The number of fused-ring (bicyclic) bond motifs is 1. The van der Waals surface area contributed by atoms with E-state index < -0.39 is 11.9 Å². The molecule has 0 saturated carbocycles. The number of halogens is 3. The fourth-order valence-corrected chi connectivity index (χ4v) is 5.54. The molecule has 1 aromatic carbocycles. The van der Waals surface area contributed by atoms with Gasteiger partial charge in [0.15, 0.2) is 11.4 Å². The Labute approximate surface area is 218 Å². The molecule has 2 N–H and O–H groups in total. The summed E-state index contributed by atoms with van der Waals surface area (Å²) in [6.07, 6.45) is 7.67. The van der Waals surface area contributed by atoms with Gasteiger partial charge in [0, 0.05) is 35.4 Å². The largest absolute Gasteiger partial charge is 0.478 e. The molecular weight excluding hydrogens is 506 g/mol. The van der Waals surface area contributed by atoms with E-state index in [4.69, 9.17) is 38.1 Å². The zero-order chi connectivity index (χ0) is 25.4. The van der Waals surface area contributed by atoms with E-state index in [1.165, 1.54) is 12.1 Å². The molecule has 1 atom stereocenters. The Morgan fingerprint density at radius 1 is 1.28 bits per heavy atom. The van der Waals surface area contributed by atoms with Gasteiger partial charge in [0.05, 0.1) is 23.2 Å². The summed E-state index contributed by atoms with van der Waals surface area (Å²) in [7, 11) is 0. The number of carbonyl (C=O) groups is 1. The van der Waals surface area contributed by atoms with Crippen LogP contribution in [-0.4, -0.2) is 53.4 Å². The van der Waals surface area contributed by atoms with Gasteiger partial charge >= 0.3 is 0 Å². The zero-order valence-electron chi connectivity index (χ0n) is 19.9. The van der Waals surface area contributed by atoms with Crippen LogP contribution in [0.1, 0.15) is 43.4 Å². The highest BCUT2D eigenvalue weighted by Gasteiger charge is 2.26. The van der Waals surface area contributed by atoms with Crippen molar-refractivity contribution in [3.05, 3.63) is 57.7 Å². The van der Waals surface area contributed by atoms with Crippen LogP contribution in [0.3, 0.4) is 0 Å². The first-order valence-electron chi connectivity index (χ1n) is 12.0. The summed E-state index contributed by atoms with van der Waals surface area (Å²) in [5.41, 5.74) is 8.82. The Balaban J connectivity index is 1.37. The number of benzene rings is 1. The molecule has 0 spiro atoms. The van der Waals surface area contributed by atoms with Crippen LogP contribution in [0.5, 0.6) is 5.75 Å². The number of anilines is 1. The lowest BCUT2D eigenvalue weighted by Crippen LogP contribution is -2.41. The number of nitrogens with zero attached hydrogens (tertiary/aromatic N) is 3. The minimum absolute atomic E-state index is 0.106. The molecule has 10 heteroatoms. The fourth-order valence-electron chi connectivity index (χ4n) is 4.87. The number of nitrogens with two attached hydrogens (primary N) is 1. The Hall–Kier alpha value is -2.81. The third-order valence-electron chi connectivity index (χ3n) is 6.85. The van der Waals surface area contributed by atoms with Gasteiger partial charge in [-0.25, -0.2) is 9.37 Å². The van der Waals surface area contributed by atoms with Crippen LogP contribution in [0, 0.1) is 5.82 Å². The van der Waals surface area contributed by atoms with Gasteiger partial charge in [-0.1, -0.05) is 29.3 Å². The molecule has 0 unspecified atom stereocenters. The molecule has 5 rings (SSSR count). The first-order valence-corrected chi connectivity index (χ1v) is 12.7. The second-order valence-electron chi connectivity index (χ2n) is 9.18. The van der Waals surface area contributed by atoms with Gasteiger partial charge in [-0.3, -0.25) is 9.69 Å². The fraction of sp³-hybridized carbons (Fsp3) is 0.385. The first-order chi connectivity index (χ1) is 17.3. The van der Waals surface area contributed by atoms with Gasteiger partial charge in [-0.05, 0) is 57.0 Å². The Morgan fingerprint density at radius 2 is 2.06 bits per heavy atom. The molecule has 1 fully saturated rings. The third kappa shape index (κ3) is 4.77. The number of rotatable bonds is 6. The summed E-state index contributed by atoms with van der Waals surface area (Å²) in [6, 6.07) is 2.63. The minimum atomic E-state index is -0.715. The van der Waals surface area contributed by atoms with Gasteiger partial charge in [-0.15, -0.1) is 0 Å².